The summed E-state index contributed by atoms with van der Waals surface area (Å²) < 4.78 is 26.4. The van der Waals surface area contributed by atoms with Gasteiger partial charge in [-0.05, 0) is 30.9 Å². The second kappa shape index (κ2) is 5.19. The minimum absolute atomic E-state index is 0.0675. The number of aromatic nitrogens is 3. The number of thiophene rings is 1. The molecule has 2 heterocycles. The molecule has 2 aromatic rings. The molecule has 0 saturated heterocycles. The van der Waals surface area contributed by atoms with E-state index in [9.17, 15) is 8.42 Å². The highest BCUT2D eigenvalue weighted by atomic mass is 32.2. The Morgan fingerprint density at radius 2 is 2.05 bits per heavy atom. The minimum atomic E-state index is -3.74. The smallest absolute Gasteiger partial charge is 0.273 e. The molecule has 0 aliphatic heterocycles. The second-order valence-electron chi connectivity index (χ2n) is 3.84. The molecular weight excluding hydrogens is 288 g/mol. The first-order chi connectivity index (χ1) is 8.92. The summed E-state index contributed by atoms with van der Waals surface area (Å²) in [5, 5.41) is 18.0. The fraction of sp³-hybridized carbons (Fsp3) is 0.300. The second-order valence-corrected chi connectivity index (χ2v) is 6.66. The van der Waals surface area contributed by atoms with Crippen LogP contribution in [-0.4, -0.2) is 28.7 Å². The fourth-order valence-electron chi connectivity index (χ4n) is 1.25. The van der Waals surface area contributed by atoms with Crippen molar-refractivity contribution in [2.24, 2.45) is 0 Å². The largest absolute Gasteiger partial charge is 0.392 e. The Bertz CT molecular complexity index is 697. The molecule has 0 aromatic carbocycles. The zero-order valence-electron chi connectivity index (χ0n) is 10.3. The van der Waals surface area contributed by atoms with Crippen molar-refractivity contribution >= 4 is 27.3 Å². The predicted molar refractivity (Wildman–Crippen MR) is 70.4 cm³/mol. The third-order valence-corrected chi connectivity index (χ3v) is 5.21. The van der Waals surface area contributed by atoms with Crippen molar-refractivity contribution in [1.29, 1.82) is 0 Å². The molecule has 0 unspecified atom stereocenters. The number of rotatable bonds is 4. The van der Waals surface area contributed by atoms with Crippen LogP contribution in [0, 0.1) is 13.8 Å². The lowest BCUT2D eigenvalue weighted by Crippen LogP contribution is -2.15. The Balaban J connectivity index is 2.28. The van der Waals surface area contributed by atoms with E-state index in [1.54, 1.807) is 19.2 Å². The van der Waals surface area contributed by atoms with E-state index in [0.29, 0.717) is 17.0 Å². The van der Waals surface area contributed by atoms with Crippen molar-refractivity contribution in [2.45, 2.75) is 24.7 Å². The molecule has 2 N–H and O–H groups in total. The molecule has 0 spiro atoms. The summed E-state index contributed by atoms with van der Waals surface area (Å²) in [7, 11) is -3.74. The molecule has 2 aromatic heterocycles. The van der Waals surface area contributed by atoms with Gasteiger partial charge in [0.1, 0.15) is 4.21 Å². The lowest BCUT2D eigenvalue weighted by atomic mass is 10.4. The number of aryl methyl sites for hydroxylation is 2. The average Bonchev–Trinajstić information content (AvgIpc) is 2.83. The molecule has 0 atom stereocenters. The van der Waals surface area contributed by atoms with Crippen LogP contribution >= 0.6 is 11.3 Å². The summed E-state index contributed by atoms with van der Waals surface area (Å²) in [4.78, 5) is 4.00. The zero-order valence-corrected chi connectivity index (χ0v) is 11.9. The Kier molecular flexibility index (Phi) is 3.78. The van der Waals surface area contributed by atoms with Gasteiger partial charge < -0.3 is 5.11 Å². The molecule has 0 fully saturated rings. The van der Waals surface area contributed by atoms with Crippen molar-refractivity contribution in [3.63, 3.8) is 0 Å². The summed E-state index contributed by atoms with van der Waals surface area (Å²) in [6.45, 7) is 3.25. The summed E-state index contributed by atoms with van der Waals surface area (Å²) in [5.74, 6) is -0.0675. The number of aliphatic hydroxyl groups is 1. The monoisotopic (exact) mass is 300 g/mol. The number of anilines is 1. The summed E-state index contributed by atoms with van der Waals surface area (Å²) in [6.07, 6.45) is 0. The van der Waals surface area contributed by atoms with E-state index < -0.39 is 10.0 Å². The van der Waals surface area contributed by atoms with Crippen LogP contribution in [0.25, 0.3) is 0 Å². The van der Waals surface area contributed by atoms with Crippen LogP contribution in [0.5, 0.6) is 0 Å². The van der Waals surface area contributed by atoms with Crippen LogP contribution in [0.2, 0.25) is 0 Å². The molecule has 7 nitrogen and oxygen atoms in total. The van der Waals surface area contributed by atoms with E-state index in [-0.39, 0.29) is 16.8 Å². The maximum atomic E-state index is 12.0. The van der Waals surface area contributed by atoms with Crippen molar-refractivity contribution in [3.8, 4) is 0 Å². The lowest BCUT2D eigenvalue weighted by Gasteiger charge is -2.05. The number of hydrogen-bond donors (Lipinski definition) is 2. The molecule has 2 rings (SSSR count). The van der Waals surface area contributed by atoms with Crippen LogP contribution in [0.1, 0.15) is 17.0 Å². The first-order valence-corrected chi connectivity index (χ1v) is 7.67. The first-order valence-electron chi connectivity index (χ1n) is 5.31. The van der Waals surface area contributed by atoms with E-state index >= 15 is 0 Å². The van der Waals surface area contributed by atoms with E-state index in [2.05, 4.69) is 19.9 Å². The Morgan fingerprint density at radius 3 is 2.63 bits per heavy atom. The highest BCUT2D eigenvalue weighted by Crippen LogP contribution is 2.22. The molecule has 19 heavy (non-hydrogen) atoms. The molecule has 0 aliphatic rings. The SMILES string of the molecule is Cc1nnc(NS(=O)(=O)c2cc(CO)cs2)nc1C. The number of aliphatic hydroxyl groups excluding tert-OH is 1. The van der Waals surface area contributed by atoms with Gasteiger partial charge in [-0.1, -0.05) is 0 Å². The number of hydrogen-bond acceptors (Lipinski definition) is 7. The molecule has 0 bridgehead atoms. The van der Waals surface area contributed by atoms with Gasteiger partial charge >= 0.3 is 0 Å². The number of sulfonamides is 1. The fourth-order valence-corrected chi connectivity index (χ4v) is 3.39. The maximum Gasteiger partial charge on any atom is 0.273 e. The number of nitrogens with one attached hydrogen (secondary N) is 1. The molecule has 0 amide bonds. The van der Waals surface area contributed by atoms with Gasteiger partial charge in [-0.15, -0.1) is 16.4 Å². The van der Waals surface area contributed by atoms with Gasteiger partial charge in [-0.2, -0.15) is 5.10 Å². The van der Waals surface area contributed by atoms with Crippen molar-refractivity contribution in [2.75, 3.05) is 4.72 Å². The molecular formula is C10H12N4O3S2. The van der Waals surface area contributed by atoms with Gasteiger partial charge in [0.15, 0.2) is 0 Å². The van der Waals surface area contributed by atoms with Gasteiger partial charge in [0.25, 0.3) is 16.0 Å². The van der Waals surface area contributed by atoms with E-state index in [0.717, 1.165) is 11.3 Å². The molecule has 0 aliphatic carbocycles. The normalized spacial score (nSPS) is 11.5. The van der Waals surface area contributed by atoms with Gasteiger partial charge in [-0.25, -0.2) is 18.1 Å². The van der Waals surface area contributed by atoms with Gasteiger partial charge in [0, 0.05) is 0 Å². The quantitative estimate of drug-likeness (QED) is 0.867. The van der Waals surface area contributed by atoms with Gasteiger partial charge in [0.05, 0.1) is 18.0 Å². The molecule has 9 heteroatoms. The zero-order chi connectivity index (χ0) is 14.0. The summed E-state index contributed by atoms with van der Waals surface area (Å²) in [6, 6.07) is 1.40. The summed E-state index contributed by atoms with van der Waals surface area (Å²) in [5.41, 5.74) is 1.79. The third kappa shape index (κ3) is 3.06. The molecule has 0 radical (unpaired) electrons. The Labute approximate surface area is 114 Å². The van der Waals surface area contributed by atoms with Crippen LogP contribution in [0.15, 0.2) is 15.7 Å². The van der Waals surface area contributed by atoms with E-state index in [4.69, 9.17) is 5.11 Å². The van der Waals surface area contributed by atoms with Crippen LogP contribution in [0.3, 0.4) is 0 Å². The Hall–Kier alpha value is -1.58. The highest BCUT2D eigenvalue weighted by Gasteiger charge is 2.18. The standard InChI is InChI=1S/C10H12N4O3S2/c1-6-7(2)12-13-10(11-6)14-19(16,17)9-3-8(4-15)5-18-9/h3,5,15H,4H2,1-2H3,(H,11,13,14). The average molecular weight is 300 g/mol. The van der Waals surface area contributed by atoms with Gasteiger partial charge in [0.2, 0.25) is 0 Å². The number of nitrogens with zero attached hydrogens (tertiary/aromatic N) is 3. The van der Waals surface area contributed by atoms with Crippen LogP contribution < -0.4 is 4.72 Å². The minimum Gasteiger partial charge on any atom is -0.392 e. The molecule has 0 saturated carbocycles. The van der Waals surface area contributed by atoms with Crippen LogP contribution in [-0.2, 0) is 16.6 Å². The van der Waals surface area contributed by atoms with E-state index in [1.807, 2.05) is 0 Å². The highest BCUT2D eigenvalue weighted by molar-refractivity contribution is 7.94. The molecule has 102 valence electrons. The topological polar surface area (TPSA) is 105 Å². The third-order valence-electron chi connectivity index (χ3n) is 2.39. The van der Waals surface area contributed by atoms with Gasteiger partial charge in [-0.3, -0.25) is 0 Å². The summed E-state index contributed by atoms with van der Waals surface area (Å²) >= 11 is 1.02. The van der Waals surface area contributed by atoms with Crippen molar-refractivity contribution < 1.29 is 13.5 Å². The lowest BCUT2D eigenvalue weighted by molar-refractivity contribution is 0.282. The van der Waals surface area contributed by atoms with Crippen LogP contribution in [0.4, 0.5) is 5.95 Å². The predicted octanol–water partition coefficient (Wildman–Crippen LogP) is 0.843. The Morgan fingerprint density at radius 1 is 1.32 bits per heavy atom. The van der Waals surface area contributed by atoms with Crippen molar-refractivity contribution in [1.82, 2.24) is 15.2 Å². The van der Waals surface area contributed by atoms with Crippen molar-refractivity contribution in [3.05, 3.63) is 28.4 Å². The first kappa shape index (κ1) is 13.8. The van der Waals surface area contributed by atoms with E-state index in [1.165, 1.54) is 6.07 Å². The maximum absolute atomic E-state index is 12.0.